The predicted molar refractivity (Wildman–Crippen MR) is 161 cm³/mol. The molecule has 0 spiro atoms. The first-order chi connectivity index (χ1) is 17.8. The maximum absolute atomic E-state index is 7.04. The molecule has 194 valence electrons. The Kier molecular flexibility index (Phi) is 5.44. The molecule has 0 fully saturated rings. The molecule has 6 rings (SSSR count). The third-order valence-electron chi connectivity index (χ3n) is 7.97. The largest absolute Gasteiger partial charge is 0.455 e. The Morgan fingerprint density at radius 3 is 2.21 bits per heavy atom. The summed E-state index contributed by atoms with van der Waals surface area (Å²) in [6.45, 7) is 18.4. The van der Waals surface area contributed by atoms with E-state index in [-0.39, 0.29) is 10.8 Å². The van der Waals surface area contributed by atoms with Gasteiger partial charge in [-0.1, -0.05) is 83.5 Å². The fraction of sp³-hybridized carbons (Fsp3) is 0.361. The molecule has 0 saturated heterocycles. The van der Waals surface area contributed by atoms with Gasteiger partial charge in [0.15, 0.2) is 6.20 Å². The summed E-state index contributed by atoms with van der Waals surface area (Å²) in [6.07, 6.45) is 4.23. The standard InChI is InChI=1S/C36H40NO/c1-21-13-14-25-27(17-21)22(2)30-33-32-26(15-16-37(33)9)31-23(11-10-12-24(31)19-35(3,4)5)18-29(32)38-34(30)28(25)20-36(6,7)8/h10-18H,19-20H2,1-9H3/q+1. The van der Waals surface area contributed by atoms with E-state index in [1.54, 1.807) is 0 Å². The van der Waals surface area contributed by atoms with Gasteiger partial charge in [0.05, 0.1) is 10.9 Å². The Morgan fingerprint density at radius 1 is 0.763 bits per heavy atom. The molecular formula is C36H40NO+. The summed E-state index contributed by atoms with van der Waals surface area (Å²) in [7, 11) is 2.18. The van der Waals surface area contributed by atoms with Crippen molar-refractivity contribution in [3.05, 3.63) is 77.0 Å². The van der Waals surface area contributed by atoms with Crippen molar-refractivity contribution in [1.82, 2.24) is 0 Å². The number of fused-ring (bicyclic) bond motifs is 5. The average Bonchev–Trinajstić information content (AvgIpc) is 2.81. The Hall–Kier alpha value is -3.39. The summed E-state index contributed by atoms with van der Waals surface area (Å²) in [4.78, 5) is 0. The van der Waals surface area contributed by atoms with Crippen LogP contribution in [0, 0.1) is 24.7 Å². The summed E-state index contributed by atoms with van der Waals surface area (Å²) < 4.78 is 9.34. The fourth-order valence-corrected chi connectivity index (χ4v) is 6.51. The second-order valence-corrected chi connectivity index (χ2v) is 13.9. The van der Waals surface area contributed by atoms with Crippen LogP contribution in [-0.2, 0) is 19.9 Å². The molecule has 1 aromatic heterocycles. The van der Waals surface area contributed by atoms with E-state index in [2.05, 4.69) is 122 Å². The van der Waals surface area contributed by atoms with Crippen LogP contribution in [0.4, 0.5) is 0 Å². The molecule has 2 nitrogen and oxygen atoms in total. The minimum absolute atomic E-state index is 0.129. The monoisotopic (exact) mass is 502 g/mol. The minimum Gasteiger partial charge on any atom is -0.455 e. The molecule has 1 aliphatic heterocycles. The number of ether oxygens (including phenoxy) is 1. The molecule has 0 aliphatic carbocycles. The zero-order valence-electron chi connectivity index (χ0n) is 24.5. The second-order valence-electron chi connectivity index (χ2n) is 13.9. The first-order valence-corrected chi connectivity index (χ1v) is 13.9. The van der Waals surface area contributed by atoms with Crippen LogP contribution >= 0.6 is 0 Å². The van der Waals surface area contributed by atoms with Gasteiger partial charge in [-0.15, -0.1) is 0 Å². The zero-order chi connectivity index (χ0) is 27.1. The van der Waals surface area contributed by atoms with Crippen molar-refractivity contribution in [1.29, 1.82) is 0 Å². The third-order valence-corrected chi connectivity index (χ3v) is 7.97. The van der Waals surface area contributed by atoms with Crippen LogP contribution in [0.2, 0.25) is 0 Å². The summed E-state index contributed by atoms with van der Waals surface area (Å²) in [5.41, 5.74) is 8.16. The molecule has 5 aromatic rings. The van der Waals surface area contributed by atoms with E-state index in [0.717, 1.165) is 24.3 Å². The van der Waals surface area contributed by atoms with Gasteiger partial charge in [-0.25, -0.2) is 4.57 Å². The number of aromatic nitrogens is 1. The molecule has 2 heteroatoms. The lowest BCUT2D eigenvalue weighted by atomic mass is 9.81. The molecule has 0 bridgehead atoms. The first kappa shape index (κ1) is 24.9. The van der Waals surface area contributed by atoms with Crippen LogP contribution < -0.4 is 9.30 Å². The van der Waals surface area contributed by atoms with Crippen LogP contribution in [0.25, 0.3) is 43.6 Å². The Bertz CT molecular complexity index is 1780. The third kappa shape index (κ3) is 3.97. The van der Waals surface area contributed by atoms with E-state index >= 15 is 0 Å². The van der Waals surface area contributed by atoms with Crippen LogP contribution in [0.1, 0.15) is 63.8 Å². The molecule has 38 heavy (non-hydrogen) atoms. The summed E-state index contributed by atoms with van der Waals surface area (Å²) in [5.74, 6) is 2.01. The molecular weight excluding hydrogens is 462 g/mol. The molecule has 0 amide bonds. The average molecular weight is 503 g/mol. The smallest absolute Gasteiger partial charge is 0.228 e. The van der Waals surface area contributed by atoms with Gasteiger partial charge in [-0.3, -0.25) is 0 Å². The normalized spacial score (nSPS) is 13.3. The second kappa shape index (κ2) is 8.30. The van der Waals surface area contributed by atoms with Gasteiger partial charge in [0.25, 0.3) is 0 Å². The number of rotatable bonds is 2. The molecule has 2 heterocycles. The van der Waals surface area contributed by atoms with Crippen molar-refractivity contribution in [2.24, 2.45) is 17.9 Å². The Balaban J connectivity index is 1.78. The predicted octanol–water partition coefficient (Wildman–Crippen LogP) is 9.54. The van der Waals surface area contributed by atoms with Crippen LogP contribution in [0.3, 0.4) is 0 Å². The van der Waals surface area contributed by atoms with E-state index in [0.29, 0.717) is 0 Å². The first-order valence-electron chi connectivity index (χ1n) is 13.9. The van der Waals surface area contributed by atoms with E-state index in [1.807, 2.05) is 0 Å². The lowest BCUT2D eigenvalue weighted by molar-refractivity contribution is -0.659. The highest BCUT2D eigenvalue weighted by Gasteiger charge is 2.34. The van der Waals surface area contributed by atoms with Gasteiger partial charge in [0, 0.05) is 17.0 Å². The summed E-state index contributed by atoms with van der Waals surface area (Å²) in [6, 6.07) is 18.2. The number of aryl methyl sites for hydroxylation is 3. The molecule has 0 radical (unpaired) electrons. The van der Waals surface area contributed by atoms with Crippen molar-refractivity contribution in [2.75, 3.05) is 0 Å². The van der Waals surface area contributed by atoms with Crippen LogP contribution in [0.5, 0.6) is 11.5 Å². The fourth-order valence-electron chi connectivity index (χ4n) is 6.51. The van der Waals surface area contributed by atoms with Gasteiger partial charge in [0.1, 0.15) is 18.5 Å². The SMILES string of the molecule is Cc1ccc2c(CC(C)(C)C)c3c(c(C)c2c1)-c1c2c(cc4cccc(CC(C)(C)C)c4c2cc[n+]1C)O3. The highest BCUT2D eigenvalue weighted by molar-refractivity contribution is 6.17. The van der Waals surface area contributed by atoms with Gasteiger partial charge in [-0.2, -0.15) is 0 Å². The topological polar surface area (TPSA) is 13.1 Å². The summed E-state index contributed by atoms with van der Waals surface area (Å²) >= 11 is 0. The number of benzene rings is 4. The van der Waals surface area contributed by atoms with Gasteiger partial charge >= 0.3 is 0 Å². The molecule has 1 aliphatic rings. The van der Waals surface area contributed by atoms with E-state index in [4.69, 9.17) is 4.74 Å². The quantitative estimate of drug-likeness (QED) is 0.170. The molecule has 0 saturated carbocycles. The van der Waals surface area contributed by atoms with Crippen molar-refractivity contribution in [2.45, 2.75) is 68.2 Å². The van der Waals surface area contributed by atoms with Crippen molar-refractivity contribution in [3.63, 3.8) is 0 Å². The lowest BCUT2D eigenvalue weighted by Gasteiger charge is -2.29. The number of hydrogen-bond acceptors (Lipinski definition) is 1. The van der Waals surface area contributed by atoms with Crippen LogP contribution in [-0.4, -0.2) is 0 Å². The lowest BCUT2D eigenvalue weighted by Crippen LogP contribution is -2.32. The molecule has 0 unspecified atom stereocenters. The number of pyridine rings is 1. The van der Waals surface area contributed by atoms with Gasteiger partial charge in [-0.05, 0) is 76.3 Å². The van der Waals surface area contributed by atoms with E-state index in [9.17, 15) is 0 Å². The van der Waals surface area contributed by atoms with Crippen LogP contribution in [0.15, 0.2) is 54.7 Å². The maximum atomic E-state index is 7.04. The zero-order valence-corrected chi connectivity index (χ0v) is 24.5. The van der Waals surface area contributed by atoms with Crippen molar-refractivity contribution >= 4 is 32.3 Å². The minimum atomic E-state index is 0.129. The Morgan fingerprint density at radius 2 is 1.50 bits per heavy atom. The maximum Gasteiger partial charge on any atom is 0.228 e. The van der Waals surface area contributed by atoms with E-state index in [1.165, 1.54) is 65.8 Å². The van der Waals surface area contributed by atoms with Gasteiger partial charge in [0.2, 0.25) is 5.69 Å². The highest BCUT2D eigenvalue weighted by Crippen LogP contribution is 2.53. The number of hydrogen-bond donors (Lipinski definition) is 0. The van der Waals surface area contributed by atoms with E-state index < -0.39 is 0 Å². The number of nitrogens with zero attached hydrogens (tertiary/aromatic N) is 1. The molecule has 0 N–H and O–H groups in total. The van der Waals surface area contributed by atoms with Gasteiger partial charge < -0.3 is 4.74 Å². The van der Waals surface area contributed by atoms with Crippen molar-refractivity contribution < 1.29 is 9.30 Å². The Labute approximate surface area is 227 Å². The van der Waals surface area contributed by atoms with Crippen molar-refractivity contribution in [3.8, 4) is 22.8 Å². The molecule has 4 aromatic carbocycles. The highest BCUT2D eigenvalue weighted by atomic mass is 16.5. The summed E-state index contributed by atoms with van der Waals surface area (Å²) in [5, 5.41) is 7.78. The molecule has 0 atom stereocenters.